The van der Waals surface area contributed by atoms with Gasteiger partial charge in [-0.15, -0.1) is 0 Å². The summed E-state index contributed by atoms with van der Waals surface area (Å²) < 4.78 is 22.6. The van der Waals surface area contributed by atoms with E-state index < -0.39 is 0 Å². The highest BCUT2D eigenvalue weighted by atomic mass is 16.6. The lowest BCUT2D eigenvalue weighted by molar-refractivity contribution is 0.0652. The summed E-state index contributed by atoms with van der Waals surface area (Å²) >= 11 is 0. The molecule has 0 aliphatic carbocycles. The summed E-state index contributed by atoms with van der Waals surface area (Å²) in [5.74, 6) is 1.74. The van der Waals surface area contributed by atoms with Crippen LogP contribution in [0.3, 0.4) is 0 Å². The maximum atomic E-state index is 12.7. The van der Waals surface area contributed by atoms with Crippen molar-refractivity contribution < 1.29 is 23.7 Å². The number of hydrogen-bond acceptors (Lipinski definition) is 8. The summed E-state index contributed by atoms with van der Waals surface area (Å²) in [4.78, 5) is 21.7. The molecule has 0 saturated carbocycles. The summed E-state index contributed by atoms with van der Waals surface area (Å²) in [7, 11) is 3.23. The normalized spacial score (nSPS) is 23.2. The van der Waals surface area contributed by atoms with Gasteiger partial charge in [-0.3, -0.25) is 4.79 Å². The van der Waals surface area contributed by atoms with E-state index in [2.05, 4.69) is 20.6 Å². The largest absolute Gasteiger partial charge is 0.497 e. The zero-order valence-corrected chi connectivity index (χ0v) is 18.9. The summed E-state index contributed by atoms with van der Waals surface area (Å²) in [5, 5.41) is 6.37. The summed E-state index contributed by atoms with van der Waals surface area (Å²) in [5.41, 5.74) is 2.19. The van der Waals surface area contributed by atoms with Gasteiger partial charge in [-0.2, -0.15) is 0 Å². The molecule has 9 heteroatoms. The molecule has 1 aromatic heterocycles. The van der Waals surface area contributed by atoms with Gasteiger partial charge in [-0.1, -0.05) is 12.1 Å². The number of hydrogen-bond donors (Lipinski definition) is 2. The number of rotatable bonds is 7. The van der Waals surface area contributed by atoms with Gasteiger partial charge < -0.3 is 29.6 Å². The van der Waals surface area contributed by atoms with E-state index in [0.717, 1.165) is 17.0 Å². The molecule has 0 unspecified atom stereocenters. The average Bonchev–Trinajstić information content (AvgIpc) is 3.47. The lowest BCUT2D eigenvalue weighted by Gasteiger charge is -2.18. The SMILES string of the molecule is COc1ccc(C(=O)N[C@@H]2CO[C@@H]3[C@@H]2OC[C@@H]3Nc2nccc(-c3ccccc3OC)n2)cc1. The lowest BCUT2D eigenvalue weighted by Crippen LogP contribution is -2.44. The van der Waals surface area contributed by atoms with E-state index >= 15 is 0 Å². The fourth-order valence-corrected chi connectivity index (χ4v) is 4.34. The third-order valence-corrected chi connectivity index (χ3v) is 6.08. The second-order valence-electron chi connectivity index (χ2n) is 8.12. The van der Waals surface area contributed by atoms with Crippen LogP contribution < -0.4 is 20.1 Å². The van der Waals surface area contributed by atoms with E-state index in [4.69, 9.17) is 18.9 Å². The van der Waals surface area contributed by atoms with Crippen molar-refractivity contribution in [2.45, 2.75) is 24.3 Å². The number of amides is 1. The topological polar surface area (TPSA) is 104 Å². The molecule has 4 atom stereocenters. The van der Waals surface area contributed by atoms with Crippen LogP contribution in [0.25, 0.3) is 11.3 Å². The van der Waals surface area contributed by atoms with Crippen LogP contribution in [0.5, 0.6) is 11.5 Å². The molecule has 176 valence electrons. The lowest BCUT2D eigenvalue weighted by atomic mass is 10.1. The number of ether oxygens (including phenoxy) is 4. The van der Waals surface area contributed by atoms with Crippen molar-refractivity contribution in [1.82, 2.24) is 15.3 Å². The highest BCUT2D eigenvalue weighted by molar-refractivity contribution is 5.94. The second-order valence-corrected chi connectivity index (χ2v) is 8.12. The van der Waals surface area contributed by atoms with E-state index in [1.54, 1.807) is 44.7 Å². The molecule has 0 bridgehead atoms. The molecule has 3 heterocycles. The van der Waals surface area contributed by atoms with Crippen LogP contribution in [-0.4, -0.2) is 67.6 Å². The first-order chi connectivity index (χ1) is 16.7. The molecule has 1 amide bonds. The first-order valence-electron chi connectivity index (χ1n) is 11.1. The molecule has 2 N–H and O–H groups in total. The Labute approximate surface area is 197 Å². The number of nitrogens with zero attached hydrogens (tertiary/aromatic N) is 2. The molecule has 2 aliphatic rings. The molecule has 2 saturated heterocycles. The highest BCUT2D eigenvalue weighted by Crippen LogP contribution is 2.31. The van der Waals surface area contributed by atoms with Crippen LogP contribution in [0.15, 0.2) is 60.8 Å². The maximum Gasteiger partial charge on any atom is 0.251 e. The van der Waals surface area contributed by atoms with Crippen LogP contribution in [0.4, 0.5) is 5.95 Å². The van der Waals surface area contributed by atoms with Crippen molar-refractivity contribution in [3.8, 4) is 22.8 Å². The van der Waals surface area contributed by atoms with Gasteiger partial charge in [0.25, 0.3) is 5.91 Å². The van der Waals surface area contributed by atoms with E-state index in [0.29, 0.717) is 30.5 Å². The van der Waals surface area contributed by atoms with Gasteiger partial charge >= 0.3 is 0 Å². The molecule has 2 fully saturated rings. The van der Waals surface area contributed by atoms with Crippen molar-refractivity contribution in [3.05, 3.63) is 66.4 Å². The molecule has 2 aromatic carbocycles. The minimum absolute atomic E-state index is 0.138. The number of benzene rings is 2. The van der Waals surface area contributed by atoms with E-state index in [9.17, 15) is 4.79 Å². The Kier molecular flexibility index (Phi) is 6.29. The average molecular weight is 463 g/mol. The summed E-state index contributed by atoms with van der Waals surface area (Å²) in [6.07, 6.45) is 1.23. The van der Waals surface area contributed by atoms with E-state index in [1.807, 2.05) is 30.3 Å². The minimum atomic E-state index is -0.253. The van der Waals surface area contributed by atoms with E-state index in [-0.39, 0.29) is 30.2 Å². The number of carbonyl (C=O) groups excluding carboxylic acids is 1. The predicted molar refractivity (Wildman–Crippen MR) is 125 cm³/mol. The van der Waals surface area contributed by atoms with Gasteiger partial charge in [0.1, 0.15) is 23.7 Å². The fourth-order valence-electron chi connectivity index (χ4n) is 4.34. The Morgan fingerprint density at radius 3 is 2.44 bits per heavy atom. The fraction of sp³-hybridized carbons (Fsp3) is 0.320. The van der Waals surface area contributed by atoms with Crippen LogP contribution in [0, 0.1) is 0 Å². The molecule has 5 rings (SSSR count). The van der Waals surface area contributed by atoms with Gasteiger partial charge in [-0.25, -0.2) is 9.97 Å². The van der Waals surface area contributed by atoms with Crippen molar-refractivity contribution in [3.63, 3.8) is 0 Å². The predicted octanol–water partition coefficient (Wildman–Crippen LogP) is 2.54. The Morgan fingerprint density at radius 2 is 1.68 bits per heavy atom. The van der Waals surface area contributed by atoms with Crippen LogP contribution in [-0.2, 0) is 9.47 Å². The number of carbonyl (C=O) groups is 1. The molecular formula is C25H26N4O5. The van der Waals surface area contributed by atoms with Crippen LogP contribution in [0.1, 0.15) is 10.4 Å². The first kappa shape index (κ1) is 22.1. The van der Waals surface area contributed by atoms with Gasteiger partial charge in [-0.05, 0) is 42.5 Å². The molecule has 2 aliphatic heterocycles. The molecule has 3 aromatic rings. The molecule has 0 spiro atoms. The first-order valence-corrected chi connectivity index (χ1v) is 11.1. The zero-order valence-electron chi connectivity index (χ0n) is 18.9. The molecular weight excluding hydrogens is 436 g/mol. The zero-order chi connectivity index (χ0) is 23.5. The molecule has 34 heavy (non-hydrogen) atoms. The molecule has 9 nitrogen and oxygen atoms in total. The number of aromatic nitrogens is 2. The Hall–Kier alpha value is -3.69. The van der Waals surface area contributed by atoms with Gasteiger partial charge in [0.2, 0.25) is 5.95 Å². The Balaban J connectivity index is 1.24. The number of anilines is 1. The number of nitrogens with one attached hydrogen (secondary N) is 2. The number of fused-ring (bicyclic) bond motifs is 1. The number of para-hydroxylation sites is 1. The third-order valence-electron chi connectivity index (χ3n) is 6.08. The summed E-state index contributed by atoms with van der Waals surface area (Å²) in [6.45, 7) is 0.796. The van der Waals surface area contributed by atoms with Crippen molar-refractivity contribution in [1.29, 1.82) is 0 Å². The maximum absolute atomic E-state index is 12.7. The highest BCUT2D eigenvalue weighted by Gasteiger charge is 2.48. The minimum Gasteiger partial charge on any atom is -0.497 e. The standard InChI is InChI=1S/C25H26N4O5/c1-31-16-9-7-15(8-10-16)24(30)27-19-13-33-23-20(14-34-22(19)23)29-25-26-12-11-18(28-25)17-5-3-4-6-21(17)32-2/h3-12,19-20,22-23H,13-14H2,1-2H3,(H,27,30)(H,26,28,29)/t19-,20+,22-,23+/m1/s1. The van der Waals surface area contributed by atoms with Crippen molar-refractivity contribution in [2.75, 3.05) is 32.8 Å². The Bertz CT molecular complexity index is 1160. The third kappa shape index (κ3) is 4.40. The van der Waals surface area contributed by atoms with Crippen molar-refractivity contribution in [2.24, 2.45) is 0 Å². The molecule has 0 radical (unpaired) electrons. The monoisotopic (exact) mass is 462 g/mol. The Morgan fingerprint density at radius 1 is 0.941 bits per heavy atom. The van der Waals surface area contributed by atoms with Gasteiger partial charge in [0.05, 0.1) is 45.2 Å². The van der Waals surface area contributed by atoms with Gasteiger partial charge in [0, 0.05) is 17.3 Å². The quantitative estimate of drug-likeness (QED) is 0.552. The summed E-state index contributed by atoms with van der Waals surface area (Å²) in [6, 6.07) is 16.1. The number of methoxy groups -OCH3 is 2. The van der Waals surface area contributed by atoms with Crippen LogP contribution >= 0.6 is 0 Å². The smallest absolute Gasteiger partial charge is 0.251 e. The van der Waals surface area contributed by atoms with Crippen LogP contribution in [0.2, 0.25) is 0 Å². The van der Waals surface area contributed by atoms with Gasteiger partial charge in [0.15, 0.2) is 0 Å². The van der Waals surface area contributed by atoms with Crippen molar-refractivity contribution >= 4 is 11.9 Å². The van der Waals surface area contributed by atoms with E-state index in [1.165, 1.54) is 0 Å². The second kappa shape index (κ2) is 9.66.